The molecule has 3 aromatic rings. The van der Waals surface area contributed by atoms with Crippen molar-refractivity contribution in [3.8, 4) is 11.5 Å². The van der Waals surface area contributed by atoms with Crippen molar-refractivity contribution >= 4 is 33.4 Å². The molecule has 0 spiro atoms. The lowest BCUT2D eigenvalue weighted by molar-refractivity contribution is -0.137. The van der Waals surface area contributed by atoms with Crippen molar-refractivity contribution in [1.82, 2.24) is 14.8 Å². The molecule has 2 fully saturated rings. The first kappa shape index (κ1) is 22.6. The minimum atomic E-state index is -0.0961. The zero-order valence-electron chi connectivity index (χ0n) is 19.1. The van der Waals surface area contributed by atoms with Gasteiger partial charge in [0.15, 0.2) is 18.1 Å². The van der Waals surface area contributed by atoms with E-state index in [9.17, 15) is 9.59 Å². The van der Waals surface area contributed by atoms with Crippen LogP contribution in [0.2, 0.25) is 0 Å². The maximum absolute atomic E-state index is 13.4. The number of morpholine rings is 1. The minimum Gasteiger partial charge on any atom is -0.493 e. The number of aromatic nitrogens is 1. The highest BCUT2D eigenvalue weighted by Crippen LogP contribution is 2.38. The normalized spacial score (nSPS) is 18.3. The summed E-state index contributed by atoms with van der Waals surface area (Å²) in [6.45, 7) is 2.82. The van der Waals surface area contributed by atoms with E-state index in [1.807, 2.05) is 23.1 Å². The molecule has 2 saturated heterocycles. The molecule has 0 N–H and O–H groups in total. The Morgan fingerprint density at radius 2 is 1.94 bits per heavy atom. The smallest absolute Gasteiger partial charge is 0.260 e. The second-order valence-corrected chi connectivity index (χ2v) is 9.39. The summed E-state index contributed by atoms with van der Waals surface area (Å²) in [7, 11) is 1.53. The third-order valence-electron chi connectivity index (χ3n) is 6.23. The van der Waals surface area contributed by atoms with Crippen molar-refractivity contribution < 1.29 is 23.8 Å². The lowest BCUT2D eigenvalue weighted by Crippen LogP contribution is -2.43. The third-order valence-corrected chi connectivity index (χ3v) is 7.37. The molecule has 0 aliphatic carbocycles. The van der Waals surface area contributed by atoms with E-state index in [-0.39, 0.29) is 24.5 Å². The summed E-state index contributed by atoms with van der Waals surface area (Å²) in [6, 6.07) is 13.1. The lowest BCUT2D eigenvalue weighted by atomic mass is 10.1. The molecule has 5 rings (SSSR count). The average Bonchev–Trinajstić information content (AvgIpc) is 3.54. The number of ether oxygens (including phenoxy) is 3. The van der Waals surface area contributed by atoms with E-state index in [1.54, 1.807) is 34.4 Å². The number of amides is 2. The average molecular weight is 482 g/mol. The first-order valence-electron chi connectivity index (χ1n) is 11.5. The second kappa shape index (κ2) is 9.99. The van der Waals surface area contributed by atoms with Crippen LogP contribution in [-0.4, -0.2) is 73.2 Å². The summed E-state index contributed by atoms with van der Waals surface area (Å²) in [5.74, 6) is 0.707. The van der Waals surface area contributed by atoms with Gasteiger partial charge in [-0.3, -0.25) is 9.59 Å². The monoisotopic (exact) mass is 481 g/mol. The van der Waals surface area contributed by atoms with E-state index in [0.717, 1.165) is 28.1 Å². The fourth-order valence-corrected chi connectivity index (χ4v) is 5.54. The number of para-hydroxylation sites is 1. The SMILES string of the molecule is COc1cc(C(=O)N2CCC[C@@H]2c2nc3ccccc3s2)ccc1OCC(=O)N1CCOCC1. The molecule has 0 bridgehead atoms. The Labute approximate surface area is 202 Å². The molecule has 178 valence electrons. The van der Waals surface area contributed by atoms with Crippen molar-refractivity contribution in [1.29, 1.82) is 0 Å². The van der Waals surface area contributed by atoms with Crippen LogP contribution in [0.1, 0.15) is 34.2 Å². The summed E-state index contributed by atoms with van der Waals surface area (Å²) >= 11 is 1.65. The predicted molar refractivity (Wildman–Crippen MR) is 129 cm³/mol. The molecule has 1 atom stereocenters. The van der Waals surface area contributed by atoms with Gasteiger partial charge in [-0.15, -0.1) is 11.3 Å². The number of likely N-dealkylation sites (tertiary alicyclic amines) is 1. The Kier molecular flexibility index (Phi) is 6.64. The van der Waals surface area contributed by atoms with Gasteiger partial charge >= 0.3 is 0 Å². The van der Waals surface area contributed by atoms with Crippen LogP contribution in [-0.2, 0) is 9.53 Å². The molecule has 0 radical (unpaired) electrons. The van der Waals surface area contributed by atoms with Crippen LogP contribution in [0.5, 0.6) is 11.5 Å². The molecule has 2 aliphatic rings. The van der Waals surface area contributed by atoms with Crippen LogP contribution in [0.25, 0.3) is 10.2 Å². The van der Waals surface area contributed by atoms with E-state index in [4.69, 9.17) is 19.2 Å². The van der Waals surface area contributed by atoms with E-state index in [2.05, 4.69) is 6.07 Å². The van der Waals surface area contributed by atoms with Crippen molar-refractivity contribution in [2.75, 3.05) is 46.6 Å². The molecule has 8 nitrogen and oxygen atoms in total. The molecule has 0 unspecified atom stereocenters. The number of benzene rings is 2. The van der Waals surface area contributed by atoms with Gasteiger partial charge in [-0.25, -0.2) is 4.98 Å². The zero-order chi connectivity index (χ0) is 23.5. The Morgan fingerprint density at radius 3 is 2.74 bits per heavy atom. The van der Waals surface area contributed by atoms with Gasteiger partial charge in [0.25, 0.3) is 11.8 Å². The maximum atomic E-state index is 13.4. The topological polar surface area (TPSA) is 81.2 Å². The molecule has 34 heavy (non-hydrogen) atoms. The molecule has 2 aromatic carbocycles. The minimum absolute atomic E-state index is 0.0297. The van der Waals surface area contributed by atoms with Crippen LogP contribution in [0.3, 0.4) is 0 Å². The molecule has 2 amide bonds. The number of rotatable bonds is 6. The number of carbonyl (C=O) groups is 2. The van der Waals surface area contributed by atoms with Gasteiger partial charge in [0, 0.05) is 25.2 Å². The summed E-state index contributed by atoms with van der Waals surface area (Å²) in [6.07, 6.45) is 1.84. The van der Waals surface area contributed by atoms with Gasteiger partial charge < -0.3 is 24.0 Å². The summed E-state index contributed by atoms with van der Waals surface area (Å²) in [5.41, 5.74) is 1.49. The summed E-state index contributed by atoms with van der Waals surface area (Å²) < 4.78 is 17.6. The fourth-order valence-electron chi connectivity index (χ4n) is 4.43. The Bertz CT molecular complexity index is 1160. The van der Waals surface area contributed by atoms with E-state index >= 15 is 0 Å². The van der Waals surface area contributed by atoms with Crippen molar-refractivity contribution in [3.05, 3.63) is 53.0 Å². The largest absolute Gasteiger partial charge is 0.493 e. The van der Waals surface area contributed by atoms with E-state index in [0.29, 0.717) is 49.9 Å². The van der Waals surface area contributed by atoms with Gasteiger partial charge in [-0.1, -0.05) is 12.1 Å². The van der Waals surface area contributed by atoms with Crippen LogP contribution >= 0.6 is 11.3 Å². The molecular formula is C25H27N3O5S. The highest BCUT2D eigenvalue weighted by atomic mass is 32.1. The van der Waals surface area contributed by atoms with Gasteiger partial charge in [0.1, 0.15) is 5.01 Å². The highest BCUT2D eigenvalue weighted by molar-refractivity contribution is 7.18. The first-order chi connectivity index (χ1) is 16.6. The van der Waals surface area contributed by atoms with Crippen LogP contribution in [0, 0.1) is 0 Å². The molecule has 0 saturated carbocycles. The van der Waals surface area contributed by atoms with Crippen molar-refractivity contribution in [2.45, 2.75) is 18.9 Å². The molecular weight excluding hydrogens is 454 g/mol. The number of nitrogens with zero attached hydrogens (tertiary/aromatic N) is 3. The number of hydrogen-bond acceptors (Lipinski definition) is 7. The number of thiazole rings is 1. The molecule has 1 aromatic heterocycles. The fraction of sp³-hybridized carbons (Fsp3) is 0.400. The Balaban J connectivity index is 1.29. The highest BCUT2D eigenvalue weighted by Gasteiger charge is 2.33. The van der Waals surface area contributed by atoms with Crippen molar-refractivity contribution in [3.63, 3.8) is 0 Å². The van der Waals surface area contributed by atoms with Crippen molar-refractivity contribution in [2.24, 2.45) is 0 Å². The number of carbonyl (C=O) groups excluding carboxylic acids is 2. The lowest BCUT2D eigenvalue weighted by Gasteiger charge is -2.27. The van der Waals surface area contributed by atoms with Crippen LogP contribution in [0.4, 0.5) is 0 Å². The van der Waals surface area contributed by atoms with Gasteiger partial charge in [-0.05, 0) is 43.2 Å². The third kappa shape index (κ3) is 4.58. The first-order valence-corrected chi connectivity index (χ1v) is 12.3. The van der Waals surface area contributed by atoms with E-state index < -0.39 is 0 Å². The molecule has 9 heteroatoms. The number of fused-ring (bicyclic) bond motifs is 1. The molecule has 2 aliphatic heterocycles. The Morgan fingerprint density at radius 1 is 1.12 bits per heavy atom. The van der Waals surface area contributed by atoms with Gasteiger partial charge in [-0.2, -0.15) is 0 Å². The zero-order valence-corrected chi connectivity index (χ0v) is 19.9. The quantitative estimate of drug-likeness (QED) is 0.536. The van der Waals surface area contributed by atoms with Crippen LogP contribution < -0.4 is 9.47 Å². The second-order valence-electron chi connectivity index (χ2n) is 8.32. The van der Waals surface area contributed by atoms with Crippen LogP contribution in [0.15, 0.2) is 42.5 Å². The molecule has 3 heterocycles. The number of hydrogen-bond donors (Lipinski definition) is 0. The maximum Gasteiger partial charge on any atom is 0.260 e. The van der Waals surface area contributed by atoms with Gasteiger partial charge in [0.2, 0.25) is 0 Å². The predicted octanol–water partition coefficient (Wildman–Crippen LogP) is 3.52. The van der Waals surface area contributed by atoms with E-state index in [1.165, 1.54) is 7.11 Å². The van der Waals surface area contributed by atoms with Gasteiger partial charge in [0.05, 0.1) is 36.6 Å². The summed E-state index contributed by atoms with van der Waals surface area (Å²) in [4.78, 5) is 34.2. The standard InChI is InChI=1S/C25H27N3O5S/c1-31-21-15-17(8-9-20(21)33-16-23(29)27-11-13-32-14-12-27)25(30)28-10-4-6-19(28)24-26-18-5-2-3-7-22(18)34-24/h2-3,5,7-9,15,19H,4,6,10-14,16H2,1H3/t19-/m1/s1. The Hall–Kier alpha value is -3.17. The summed E-state index contributed by atoms with van der Waals surface area (Å²) in [5, 5.41) is 0.973. The number of methoxy groups -OCH3 is 1.